The number of Topliss-reactive ketones (excluding diaryl/α,β-unsaturated/α-hetero) is 1. The molecule has 3 aromatic rings. The monoisotopic (exact) mass is 388 g/mol. The first kappa shape index (κ1) is 18.5. The second kappa shape index (κ2) is 7.28. The molecule has 1 aromatic heterocycles. The minimum atomic E-state index is -0.594. The van der Waals surface area contributed by atoms with E-state index < -0.39 is 12.7 Å². The number of ketones is 1. The van der Waals surface area contributed by atoms with Gasteiger partial charge >= 0.3 is 0 Å². The number of hydrogen-bond acceptors (Lipinski definition) is 6. The van der Waals surface area contributed by atoms with Crippen LogP contribution in [0.4, 0.5) is 16.0 Å². The van der Waals surface area contributed by atoms with Crippen LogP contribution in [0.3, 0.4) is 0 Å². The van der Waals surface area contributed by atoms with Crippen LogP contribution in [0.15, 0.2) is 59.8 Å². The van der Waals surface area contributed by atoms with Gasteiger partial charge in [0.05, 0.1) is 11.6 Å². The number of carbonyl (C=O) groups excluding carboxylic acids is 1. The fourth-order valence-electron chi connectivity index (χ4n) is 3.68. The van der Waals surface area contributed by atoms with Crippen LogP contribution in [0.5, 0.6) is 0 Å². The van der Waals surface area contributed by atoms with Gasteiger partial charge in [-0.1, -0.05) is 29.4 Å². The molecule has 0 bridgehead atoms. The van der Waals surface area contributed by atoms with Crippen molar-refractivity contribution < 1.29 is 9.18 Å². The van der Waals surface area contributed by atoms with Gasteiger partial charge in [0.1, 0.15) is 12.7 Å². The summed E-state index contributed by atoms with van der Waals surface area (Å²) in [6, 6.07) is 15.5. The van der Waals surface area contributed by atoms with E-state index in [0.29, 0.717) is 34.0 Å². The van der Waals surface area contributed by atoms with Crippen molar-refractivity contribution in [1.29, 1.82) is 5.26 Å². The first-order valence-electron chi connectivity index (χ1n) is 8.99. The molecule has 0 amide bonds. The van der Waals surface area contributed by atoms with E-state index in [0.717, 1.165) is 5.56 Å². The molecule has 8 heteroatoms. The molecule has 1 aliphatic rings. The number of aromatic nitrogens is 4. The Kier molecular flexibility index (Phi) is 4.64. The number of halogens is 1. The van der Waals surface area contributed by atoms with Crippen LogP contribution in [0.25, 0.3) is 0 Å². The number of rotatable bonds is 4. The first-order valence-corrected chi connectivity index (χ1v) is 8.99. The second-order valence-electron chi connectivity index (χ2n) is 6.75. The maximum atomic E-state index is 13.2. The van der Waals surface area contributed by atoms with Crippen molar-refractivity contribution in [2.24, 2.45) is 0 Å². The van der Waals surface area contributed by atoms with Crippen LogP contribution < -0.4 is 4.90 Å². The van der Waals surface area contributed by atoms with Crippen LogP contribution in [-0.2, 0) is 11.5 Å². The van der Waals surface area contributed by atoms with Crippen molar-refractivity contribution in [1.82, 2.24) is 20.2 Å². The Morgan fingerprint density at radius 1 is 1.24 bits per heavy atom. The Morgan fingerprint density at radius 2 is 2.00 bits per heavy atom. The summed E-state index contributed by atoms with van der Waals surface area (Å²) in [5.74, 6) is 0.308. The third kappa shape index (κ3) is 3.06. The standard InChI is InChI=1S/C21H17FN6O/c1-13-19(14(2)29)20(17-8-6-15(12-23)7-9-17)28-21(24-25-26-28)27(13)18-5-3-4-16(10-18)11-22/h3-10,20H,11H2,1-2H3. The molecule has 29 heavy (non-hydrogen) atoms. The number of anilines is 2. The molecule has 0 aliphatic carbocycles. The molecular weight excluding hydrogens is 371 g/mol. The maximum absolute atomic E-state index is 13.2. The Balaban J connectivity index is 1.93. The summed E-state index contributed by atoms with van der Waals surface area (Å²) >= 11 is 0. The van der Waals surface area contributed by atoms with Gasteiger partial charge in [-0.2, -0.15) is 9.94 Å². The van der Waals surface area contributed by atoms with E-state index in [1.807, 2.05) is 13.0 Å². The Hall–Kier alpha value is -3.86. The summed E-state index contributed by atoms with van der Waals surface area (Å²) in [6.07, 6.45) is 0. The van der Waals surface area contributed by atoms with Crippen LogP contribution in [0.1, 0.15) is 36.6 Å². The number of nitrogens with zero attached hydrogens (tertiary/aromatic N) is 6. The molecule has 2 aromatic carbocycles. The lowest BCUT2D eigenvalue weighted by atomic mass is 9.92. The molecule has 0 spiro atoms. The Labute approximate surface area is 166 Å². The highest BCUT2D eigenvalue weighted by Gasteiger charge is 2.37. The molecule has 1 aliphatic heterocycles. The minimum Gasteiger partial charge on any atom is -0.295 e. The number of alkyl halides is 1. The molecule has 0 saturated heterocycles. The van der Waals surface area contributed by atoms with Gasteiger partial charge in [-0.15, -0.1) is 0 Å². The lowest BCUT2D eigenvalue weighted by molar-refractivity contribution is -0.114. The largest absolute Gasteiger partial charge is 0.295 e. The lowest BCUT2D eigenvalue weighted by Gasteiger charge is -2.35. The molecule has 0 N–H and O–H groups in total. The van der Waals surface area contributed by atoms with Gasteiger partial charge < -0.3 is 0 Å². The quantitative estimate of drug-likeness (QED) is 0.678. The van der Waals surface area contributed by atoms with Gasteiger partial charge in [0.2, 0.25) is 0 Å². The van der Waals surface area contributed by atoms with Gasteiger partial charge in [-0.3, -0.25) is 9.69 Å². The van der Waals surface area contributed by atoms with Crippen LogP contribution in [0.2, 0.25) is 0 Å². The summed E-state index contributed by atoms with van der Waals surface area (Å²) in [6.45, 7) is 2.73. The van der Waals surface area contributed by atoms with Crippen molar-refractivity contribution in [2.75, 3.05) is 4.90 Å². The SMILES string of the molecule is CC(=O)C1=C(C)N(c2cccc(CF)c2)c2nnnn2C1c1ccc(C#N)cc1. The third-order valence-electron chi connectivity index (χ3n) is 4.98. The molecule has 0 saturated carbocycles. The highest BCUT2D eigenvalue weighted by molar-refractivity contribution is 5.97. The molecule has 144 valence electrons. The molecule has 0 radical (unpaired) electrons. The molecule has 0 fully saturated rings. The van der Waals surface area contributed by atoms with Gasteiger partial charge in [-0.25, -0.2) is 4.39 Å². The molecule has 7 nitrogen and oxygen atoms in total. The third-order valence-corrected chi connectivity index (χ3v) is 4.98. The van der Waals surface area contributed by atoms with Crippen LogP contribution >= 0.6 is 0 Å². The maximum Gasteiger partial charge on any atom is 0.255 e. The average molecular weight is 388 g/mol. The fourth-order valence-corrected chi connectivity index (χ4v) is 3.68. The van der Waals surface area contributed by atoms with Crippen molar-refractivity contribution >= 4 is 17.4 Å². The molecule has 1 unspecified atom stereocenters. The first-order chi connectivity index (χ1) is 14.0. The van der Waals surface area contributed by atoms with E-state index in [4.69, 9.17) is 5.26 Å². The van der Waals surface area contributed by atoms with Crippen LogP contribution in [-0.4, -0.2) is 26.0 Å². The van der Waals surface area contributed by atoms with E-state index in [9.17, 15) is 9.18 Å². The number of allylic oxidation sites excluding steroid dienone is 2. The smallest absolute Gasteiger partial charge is 0.255 e. The normalized spacial score (nSPS) is 15.8. The van der Waals surface area contributed by atoms with Crippen LogP contribution in [0, 0.1) is 11.3 Å². The number of hydrogen-bond donors (Lipinski definition) is 0. The van der Waals surface area contributed by atoms with Gasteiger partial charge in [0.25, 0.3) is 5.95 Å². The van der Waals surface area contributed by atoms with E-state index >= 15 is 0 Å². The van der Waals surface area contributed by atoms with E-state index in [-0.39, 0.29) is 5.78 Å². The number of benzene rings is 2. The van der Waals surface area contributed by atoms with Crippen molar-refractivity contribution in [3.8, 4) is 6.07 Å². The van der Waals surface area contributed by atoms with Crippen molar-refractivity contribution in [2.45, 2.75) is 26.6 Å². The topological polar surface area (TPSA) is 87.7 Å². The van der Waals surface area contributed by atoms with E-state index in [1.54, 1.807) is 52.0 Å². The minimum absolute atomic E-state index is 0.121. The summed E-state index contributed by atoms with van der Waals surface area (Å²) in [5, 5.41) is 21.2. The van der Waals surface area contributed by atoms with Gasteiger partial charge in [0.15, 0.2) is 5.78 Å². The number of fused-ring (bicyclic) bond motifs is 1. The highest BCUT2D eigenvalue weighted by atomic mass is 19.1. The Morgan fingerprint density at radius 3 is 2.66 bits per heavy atom. The molecule has 1 atom stereocenters. The predicted molar refractivity (Wildman–Crippen MR) is 104 cm³/mol. The zero-order valence-corrected chi connectivity index (χ0v) is 15.9. The van der Waals surface area contributed by atoms with E-state index in [1.165, 1.54) is 6.92 Å². The lowest BCUT2D eigenvalue weighted by Crippen LogP contribution is -2.33. The zero-order valence-electron chi connectivity index (χ0n) is 15.9. The summed E-state index contributed by atoms with van der Waals surface area (Å²) in [7, 11) is 0. The predicted octanol–water partition coefficient (Wildman–Crippen LogP) is 3.62. The number of nitriles is 1. The molecule has 2 heterocycles. The second-order valence-corrected chi connectivity index (χ2v) is 6.75. The molecular formula is C21H17FN6O. The van der Waals surface area contributed by atoms with E-state index in [2.05, 4.69) is 21.6 Å². The number of carbonyl (C=O) groups is 1. The summed E-state index contributed by atoms with van der Waals surface area (Å²) in [4.78, 5) is 14.4. The molecule has 4 rings (SSSR count). The number of tetrazole rings is 1. The summed E-state index contributed by atoms with van der Waals surface area (Å²) in [5.41, 5.74) is 3.71. The zero-order chi connectivity index (χ0) is 20.5. The van der Waals surface area contributed by atoms with Crippen molar-refractivity contribution in [3.05, 3.63) is 76.5 Å². The van der Waals surface area contributed by atoms with Gasteiger partial charge in [-0.05, 0) is 59.7 Å². The fraction of sp³-hybridized carbons (Fsp3) is 0.190. The summed E-state index contributed by atoms with van der Waals surface area (Å²) < 4.78 is 14.8. The average Bonchev–Trinajstić information content (AvgIpc) is 3.21. The Bertz CT molecular complexity index is 1160. The van der Waals surface area contributed by atoms with Crippen molar-refractivity contribution in [3.63, 3.8) is 0 Å². The van der Waals surface area contributed by atoms with Gasteiger partial charge in [0, 0.05) is 17.0 Å². The highest BCUT2D eigenvalue weighted by Crippen LogP contribution is 2.41.